The molecular weight excluding hydrogens is 354 g/mol. The lowest BCUT2D eigenvalue weighted by molar-refractivity contribution is 0.0927. The number of nitrogens with one attached hydrogen (secondary N) is 1. The Hall–Kier alpha value is -2.19. The number of amides is 1. The van der Waals surface area contributed by atoms with Gasteiger partial charge in [-0.15, -0.1) is 0 Å². The first-order chi connectivity index (χ1) is 10.5. The van der Waals surface area contributed by atoms with Crippen LogP contribution in [0.4, 0.5) is 0 Å². The van der Waals surface area contributed by atoms with E-state index < -0.39 is 17.2 Å². The zero-order valence-corrected chi connectivity index (χ0v) is 13.3. The molecule has 2 aromatic rings. The van der Waals surface area contributed by atoms with E-state index in [9.17, 15) is 14.7 Å². The van der Waals surface area contributed by atoms with Crippen molar-refractivity contribution in [2.45, 2.75) is 0 Å². The minimum Gasteiger partial charge on any atom is -0.505 e. The molecule has 0 radical (unpaired) electrons. The van der Waals surface area contributed by atoms with Crippen LogP contribution in [0.5, 0.6) is 5.75 Å². The van der Waals surface area contributed by atoms with Crippen LogP contribution in [0.2, 0.25) is 0 Å². The van der Waals surface area contributed by atoms with Gasteiger partial charge in [-0.1, -0.05) is 15.9 Å². The summed E-state index contributed by atoms with van der Waals surface area (Å²) in [6.07, 6.45) is 0. The molecule has 1 aromatic carbocycles. The molecule has 0 bridgehead atoms. The number of carbonyl (C=O) groups excluding carboxylic acids is 1. The average molecular weight is 368 g/mol. The first kappa shape index (κ1) is 16.2. The molecule has 1 heterocycles. The van der Waals surface area contributed by atoms with Crippen molar-refractivity contribution >= 4 is 21.8 Å². The Labute approximate surface area is 134 Å². The maximum atomic E-state index is 12.0. The number of ether oxygens (including phenoxy) is 1. The summed E-state index contributed by atoms with van der Waals surface area (Å²) < 4.78 is 6.73. The number of hydrogen-bond acceptors (Lipinski definition) is 5. The summed E-state index contributed by atoms with van der Waals surface area (Å²) in [4.78, 5) is 23.9. The molecule has 2 N–H and O–H groups in total. The van der Waals surface area contributed by atoms with Crippen LogP contribution in [-0.2, 0) is 4.74 Å². The second-order valence-electron chi connectivity index (χ2n) is 4.35. The lowest BCUT2D eigenvalue weighted by Crippen LogP contribution is -2.31. The first-order valence-corrected chi connectivity index (χ1v) is 7.18. The second-order valence-corrected chi connectivity index (χ2v) is 5.27. The van der Waals surface area contributed by atoms with Gasteiger partial charge in [-0.05, 0) is 24.3 Å². The molecule has 0 aliphatic heterocycles. The normalized spacial score (nSPS) is 10.5. The standard InChI is InChI=1S/C14H14BrN3O4/c1-22-7-6-16-14(21)13-11(19)8-12(20)18(17-13)10-4-2-9(15)3-5-10/h2-5,8,19H,6-7H2,1H3,(H,16,21). The third kappa shape index (κ3) is 3.71. The number of carbonyl (C=O) groups is 1. The molecule has 0 aliphatic rings. The molecule has 116 valence electrons. The number of methoxy groups -OCH3 is 1. The minimum atomic E-state index is -0.583. The maximum Gasteiger partial charge on any atom is 0.275 e. The van der Waals surface area contributed by atoms with Crippen LogP contribution in [0.3, 0.4) is 0 Å². The molecule has 0 saturated heterocycles. The van der Waals surface area contributed by atoms with Gasteiger partial charge in [0.15, 0.2) is 11.4 Å². The summed E-state index contributed by atoms with van der Waals surface area (Å²) in [5.41, 5.74) is -0.272. The lowest BCUT2D eigenvalue weighted by Gasteiger charge is -2.09. The van der Waals surface area contributed by atoms with Gasteiger partial charge in [0, 0.05) is 24.2 Å². The van der Waals surface area contributed by atoms with E-state index in [1.165, 1.54) is 7.11 Å². The summed E-state index contributed by atoms with van der Waals surface area (Å²) in [5.74, 6) is -1.05. The van der Waals surface area contributed by atoms with Crippen molar-refractivity contribution < 1.29 is 14.6 Å². The van der Waals surface area contributed by atoms with Crippen molar-refractivity contribution in [2.24, 2.45) is 0 Å². The van der Waals surface area contributed by atoms with Crippen LogP contribution in [0.15, 0.2) is 39.6 Å². The molecule has 1 amide bonds. The number of benzene rings is 1. The van der Waals surface area contributed by atoms with Crippen molar-refractivity contribution in [3.63, 3.8) is 0 Å². The van der Waals surface area contributed by atoms with Crippen LogP contribution >= 0.6 is 15.9 Å². The Kier molecular flexibility index (Phi) is 5.29. The van der Waals surface area contributed by atoms with E-state index in [4.69, 9.17) is 4.74 Å². The smallest absolute Gasteiger partial charge is 0.275 e. The number of hydrogen-bond donors (Lipinski definition) is 2. The number of aromatic hydroxyl groups is 1. The SMILES string of the molecule is COCCNC(=O)c1nn(-c2ccc(Br)cc2)c(=O)cc1O. The quantitative estimate of drug-likeness (QED) is 0.771. The van der Waals surface area contributed by atoms with E-state index in [-0.39, 0.29) is 12.2 Å². The largest absolute Gasteiger partial charge is 0.505 e. The molecule has 22 heavy (non-hydrogen) atoms. The highest BCUT2D eigenvalue weighted by molar-refractivity contribution is 9.10. The van der Waals surface area contributed by atoms with Crippen molar-refractivity contribution in [1.29, 1.82) is 0 Å². The number of nitrogens with zero attached hydrogens (tertiary/aromatic N) is 2. The highest BCUT2D eigenvalue weighted by atomic mass is 79.9. The number of aromatic nitrogens is 2. The zero-order chi connectivity index (χ0) is 16.1. The van der Waals surface area contributed by atoms with Crippen molar-refractivity contribution in [3.8, 4) is 11.4 Å². The number of rotatable bonds is 5. The summed E-state index contributed by atoms with van der Waals surface area (Å²) >= 11 is 3.30. The molecule has 2 rings (SSSR count). The van der Waals surface area contributed by atoms with Crippen molar-refractivity contribution in [2.75, 3.05) is 20.3 Å². The molecule has 0 aliphatic carbocycles. The fourth-order valence-electron chi connectivity index (χ4n) is 1.73. The Morgan fingerprint density at radius 3 is 2.73 bits per heavy atom. The molecule has 0 spiro atoms. The van der Waals surface area contributed by atoms with Gasteiger partial charge in [0.1, 0.15) is 0 Å². The van der Waals surface area contributed by atoms with Crippen molar-refractivity contribution in [3.05, 3.63) is 50.9 Å². The molecule has 1 aromatic heterocycles. The Morgan fingerprint density at radius 1 is 1.41 bits per heavy atom. The van der Waals surface area contributed by atoms with E-state index in [2.05, 4.69) is 26.3 Å². The third-order valence-electron chi connectivity index (χ3n) is 2.79. The minimum absolute atomic E-state index is 0.223. The average Bonchev–Trinajstić information content (AvgIpc) is 2.48. The Bertz CT molecular complexity index is 728. The van der Waals surface area contributed by atoms with E-state index >= 15 is 0 Å². The molecular formula is C14H14BrN3O4. The van der Waals surface area contributed by atoms with Gasteiger partial charge in [-0.2, -0.15) is 9.78 Å². The van der Waals surface area contributed by atoms with Gasteiger partial charge < -0.3 is 15.2 Å². The van der Waals surface area contributed by atoms with Gasteiger partial charge >= 0.3 is 0 Å². The van der Waals surface area contributed by atoms with E-state index in [0.717, 1.165) is 15.2 Å². The lowest BCUT2D eigenvalue weighted by atomic mass is 10.3. The van der Waals surface area contributed by atoms with Crippen LogP contribution < -0.4 is 10.9 Å². The van der Waals surface area contributed by atoms with E-state index in [1.807, 2.05) is 0 Å². The fraction of sp³-hybridized carbons (Fsp3) is 0.214. The topological polar surface area (TPSA) is 93.5 Å². The molecule has 0 atom stereocenters. The fourth-order valence-corrected chi connectivity index (χ4v) is 1.99. The van der Waals surface area contributed by atoms with Gasteiger partial charge in [-0.3, -0.25) is 9.59 Å². The first-order valence-electron chi connectivity index (χ1n) is 6.39. The predicted molar refractivity (Wildman–Crippen MR) is 83.4 cm³/mol. The van der Waals surface area contributed by atoms with Crippen LogP contribution in [-0.4, -0.2) is 41.1 Å². The van der Waals surface area contributed by atoms with Crippen molar-refractivity contribution in [1.82, 2.24) is 15.1 Å². The van der Waals surface area contributed by atoms with Crippen LogP contribution in [0.25, 0.3) is 5.69 Å². The highest BCUT2D eigenvalue weighted by Crippen LogP contribution is 2.15. The molecule has 8 heteroatoms. The molecule has 0 unspecified atom stereocenters. The molecule has 0 saturated carbocycles. The zero-order valence-electron chi connectivity index (χ0n) is 11.7. The summed E-state index contributed by atoms with van der Waals surface area (Å²) in [6, 6.07) is 7.79. The Balaban J connectivity index is 2.36. The van der Waals surface area contributed by atoms with Gasteiger partial charge in [-0.25, -0.2) is 0 Å². The van der Waals surface area contributed by atoms with Crippen LogP contribution in [0.1, 0.15) is 10.5 Å². The summed E-state index contributed by atoms with van der Waals surface area (Å²) in [7, 11) is 1.51. The summed E-state index contributed by atoms with van der Waals surface area (Å²) in [6.45, 7) is 0.604. The van der Waals surface area contributed by atoms with Gasteiger partial charge in [0.2, 0.25) is 0 Å². The maximum absolute atomic E-state index is 12.0. The van der Waals surface area contributed by atoms with Crippen LogP contribution in [0, 0.1) is 0 Å². The van der Waals surface area contributed by atoms with Gasteiger partial charge in [0.05, 0.1) is 12.3 Å². The highest BCUT2D eigenvalue weighted by Gasteiger charge is 2.16. The van der Waals surface area contributed by atoms with Gasteiger partial charge in [0.25, 0.3) is 11.5 Å². The second kappa shape index (κ2) is 7.19. The predicted octanol–water partition coefficient (Wildman–Crippen LogP) is 1.08. The van der Waals surface area contributed by atoms with E-state index in [1.54, 1.807) is 24.3 Å². The Morgan fingerprint density at radius 2 is 2.09 bits per heavy atom. The summed E-state index contributed by atoms with van der Waals surface area (Å²) in [5, 5.41) is 16.2. The molecule has 0 fully saturated rings. The van der Waals surface area contributed by atoms with E-state index in [0.29, 0.717) is 12.3 Å². The third-order valence-corrected chi connectivity index (χ3v) is 3.32. The number of halogens is 1. The monoisotopic (exact) mass is 367 g/mol. The molecule has 7 nitrogen and oxygen atoms in total.